The summed E-state index contributed by atoms with van der Waals surface area (Å²) < 4.78 is 20.7. The van der Waals surface area contributed by atoms with E-state index in [1.165, 1.54) is 6.92 Å². The van der Waals surface area contributed by atoms with Crippen molar-refractivity contribution in [3.8, 4) is 0 Å². The average molecular weight is 354 g/mol. The number of nitrogens with one attached hydrogen (secondary N) is 2. The lowest BCUT2D eigenvalue weighted by molar-refractivity contribution is -0.126. The van der Waals surface area contributed by atoms with Gasteiger partial charge >= 0.3 is 0 Å². The molecule has 0 aliphatic carbocycles. The summed E-state index contributed by atoms with van der Waals surface area (Å²) in [5.74, 6) is -0.202. The molecule has 0 aliphatic rings. The van der Waals surface area contributed by atoms with E-state index >= 15 is 0 Å². The number of ketones is 1. The third-order valence-electron chi connectivity index (χ3n) is 2.35. The molecule has 0 saturated heterocycles. The monoisotopic (exact) mass is 354 g/mol. The molecule has 0 fully saturated rings. The first-order valence-corrected chi connectivity index (χ1v) is 8.38. The van der Waals surface area contributed by atoms with Crippen LogP contribution < -0.4 is 10.6 Å². The molecule has 8 heteroatoms. The summed E-state index contributed by atoms with van der Waals surface area (Å²) >= 11 is 0. The van der Waals surface area contributed by atoms with Crippen LogP contribution in [0.4, 0.5) is 0 Å². The first-order chi connectivity index (χ1) is 11.7. The molecule has 0 atom stereocenters. The lowest BCUT2D eigenvalue weighted by Gasteiger charge is -2.08. The number of carbonyl (C=O) groups is 2. The Morgan fingerprint density at radius 3 is 1.83 bits per heavy atom. The molecular formula is C16H38N2O6. The molecule has 0 radical (unpaired) electrons. The first-order valence-electron chi connectivity index (χ1n) is 8.38. The van der Waals surface area contributed by atoms with Gasteiger partial charge in [0.15, 0.2) is 5.78 Å². The molecule has 0 spiro atoms. The second kappa shape index (κ2) is 21.9. The predicted molar refractivity (Wildman–Crippen MR) is 96.5 cm³/mol. The van der Waals surface area contributed by atoms with Gasteiger partial charge in [0.05, 0.1) is 39.6 Å². The van der Waals surface area contributed by atoms with E-state index in [1.54, 1.807) is 0 Å². The van der Waals surface area contributed by atoms with E-state index in [2.05, 4.69) is 10.6 Å². The van der Waals surface area contributed by atoms with Gasteiger partial charge in [-0.25, -0.2) is 0 Å². The van der Waals surface area contributed by atoms with Gasteiger partial charge in [-0.05, 0) is 14.0 Å². The molecule has 0 aromatic carbocycles. The fourth-order valence-electron chi connectivity index (χ4n) is 1.31. The van der Waals surface area contributed by atoms with Crippen LogP contribution in [-0.2, 0) is 28.5 Å². The number of hydrogen-bond acceptors (Lipinski definition) is 7. The number of Topliss-reactive ketones (excluding diaryl/α,β-unsaturated/α-hetero) is 1. The topological polar surface area (TPSA) is 95.1 Å². The van der Waals surface area contributed by atoms with Gasteiger partial charge in [0.1, 0.15) is 13.2 Å². The van der Waals surface area contributed by atoms with E-state index in [-0.39, 0.29) is 27.8 Å². The van der Waals surface area contributed by atoms with Crippen molar-refractivity contribution < 1.29 is 31.4 Å². The summed E-state index contributed by atoms with van der Waals surface area (Å²) in [6.07, 6.45) is 0. The largest absolute Gasteiger partial charge is 0.378 e. The molecule has 1 amide bonds. The van der Waals surface area contributed by atoms with Crippen LogP contribution in [0.25, 0.3) is 0 Å². The summed E-state index contributed by atoms with van der Waals surface area (Å²) in [6, 6.07) is 0. The van der Waals surface area contributed by atoms with Crippen LogP contribution in [0.1, 0.15) is 23.6 Å². The van der Waals surface area contributed by atoms with Gasteiger partial charge in [0.2, 0.25) is 5.91 Å². The van der Waals surface area contributed by atoms with Crippen molar-refractivity contribution >= 4 is 11.7 Å². The number of rotatable bonds is 16. The van der Waals surface area contributed by atoms with Crippen molar-refractivity contribution in [2.24, 2.45) is 0 Å². The fraction of sp³-hybridized carbons (Fsp3) is 0.875. The van der Waals surface area contributed by atoms with Gasteiger partial charge in [-0.2, -0.15) is 0 Å². The Kier molecular flexibility index (Phi) is 23.0. The second-order valence-corrected chi connectivity index (χ2v) is 4.49. The normalized spacial score (nSPS) is 10.0. The van der Waals surface area contributed by atoms with Gasteiger partial charge < -0.3 is 29.6 Å². The van der Waals surface area contributed by atoms with E-state index < -0.39 is 0 Å². The van der Waals surface area contributed by atoms with Gasteiger partial charge in [0.25, 0.3) is 0 Å². The number of likely N-dealkylation sites (N-methyl/N-ethyl adjacent to an activating group) is 1. The van der Waals surface area contributed by atoms with Gasteiger partial charge in [-0.15, -0.1) is 0 Å². The lowest BCUT2D eigenvalue weighted by Crippen LogP contribution is -2.31. The van der Waals surface area contributed by atoms with Crippen LogP contribution in [0.3, 0.4) is 0 Å². The molecule has 0 unspecified atom stereocenters. The van der Waals surface area contributed by atoms with E-state index in [9.17, 15) is 9.59 Å². The highest BCUT2D eigenvalue weighted by atomic mass is 16.5. The van der Waals surface area contributed by atoms with E-state index in [0.717, 1.165) is 6.54 Å². The maximum Gasteiger partial charge on any atom is 0.246 e. The van der Waals surface area contributed by atoms with Gasteiger partial charge in [-0.1, -0.05) is 13.8 Å². The minimum absolute atomic E-state index is 0. The summed E-state index contributed by atoms with van der Waals surface area (Å²) in [5.41, 5.74) is 0. The van der Waals surface area contributed by atoms with Crippen molar-refractivity contribution in [3.63, 3.8) is 0 Å². The minimum atomic E-state index is -0.188. The number of hydrogen-bond donors (Lipinski definition) is 2. The maximum atomic E-state index is 11.4. The van der Waals surface area contributed by atoms with Crippen LogP contribution in [0.5, 0.6) is 0 Å². The van der Waals surface area contributed by atoms with Crippen LogP contribution in [0.2, 0.25) is 0 Å². The zero-order valence-electron chi connectivity index (χ0n) is 15.5. The second-order valence-electron chi connectivity index (χ2n) is 4.49. The molecule has 148 valence electrons. The molecule has 0 aromatic heterocycles. The molecule has 24 heavy (non-hydrogen) atoms. The van der Waals surface area contributed by atoms with E-state index in [4.69, 9.17) is 18.9 Å². The number of ether oxygens (including phenoxy) is 4. The molecule has 0 heterocycles. The Bertz CT molecular complexity index is 300. The molecule has 0 saturated carbocycles. The Balaban J connectivity index is -0.000000582. The predicted octanol–water partition coefficient (Wildman–Crippen LogP) is 0.496. The number of amides is 1. The highest BCUT2D eigenvalue weighted by Gasteiger charge is 2.00. The summed E-state index contributed by atoms with van der Waals surface area (Å²) in [4.78, 5) is 22.0. The first kappa shape index (κ1) is 25.2. The van der Waals surface area contributed by atoms with Crippen LogP contribution in [0, 0.1) is 0 Å². The van der Waals surface area contributed by atoms with Gasteiger partial charge in [-0.3, -0.25) is 9.59 Å². The lowest BCUT2D eigenvalue weighted by atomic mass is 10.5. The Labute approximate surface area is 148 Å². The molecule has 0 bridgehead atoms. The molecule has 0 rings (SSSR count). The zero-order valence-corrected chi connectivity index (χ0v) is 15.5. The summed E-state index contributed by atoms with van der Waals surface area (Å²) in [7, 11) is 1.85. The molecule has 0 aliphatic heterocycles. The summed E-state index contributed by atoms with van der Waals surface area (Å²) in [6.45, 7) is 9.42. The van der Waals surface area contributed by atoms with Crippen LogP contribution in [0.15, 0.2) is 0 Å². The third-order valence-corrected chi connectivity index (χ3v) is 2.35. The average Bonchev–Trinajstić information content (AvgIpc) is 2.58. The Hall–Kier alpha value is -1.06. The van der Waals surface area contributed by atoms with E-state index in [1.807, 2.05) is 20.9 Å². The summed E-state index contributed by atoms with van der Waals surface area (Å²) in [5, 5.41) is 5.63. The minimum Gasteiger partial charge on any atom is -0.378 e. The highest BCUT2D eigenvalue weighted by molar-refractivity contribution is 5.77. The van der Waals surface area contributed by atoms with Crippen molar-refractivity contribution in [2.45, 2.75) is 20.8 Å². The quantitative estimate of drug-likeness (QED) is 0.390. The maximum absolute atomic E-state index is 11.4. The Morgan fingerprint density at radius 1 is 0.792 bits per heavy atom. The molecular weight excluding hydrogens is 316 g/mol. The Morgan fingerprint density at radius 2 is 1.29 bits per heavy atom. The van der Waals surface area contributed by atoms with E-state index in [0.29, 0.717) is 46.2 Å². The SMILES string of the molecule is CC.CNCCOCCOCC(=O)NCCOCCOCC(C)=O.[HH].[HH]. The zero-order chi connectivity index (χ0) is 18.5. The van der Waals surface area contributed by atoms with Gasteiger partial charge in [0, 0.05) is 15.9 Å². The smallest absolute Gasteiger partial charge is 0.246 e. The van der Waals surface area contributed by atoms with Crippen LogP contribution >= 0.6 is 0 Å². The third kappa shape index (κ3) is 23.2. The van der Waals surface area contributed by atoms with Crippen molar-refractivity contribution in [1.29, 1.82) is 0 Å². The van der Waals surface area contributed by atoms with Crippen molar-refractivity contribution in [3.05, 3.63) is 0 Å². The van der Waals surface area contributed by atoms with Crippen molar-refractivity contribution in [1.82, 2.24) is 10.6 Å². The highest BCUT2D eigenvalue weighted by Crippen LogP contribution is 1.81. The standard InChI is InChI=1S/C14H28N2O6.C2H6.2H2/c1-13(17)11-21-9-7-20-6-4-16-14(18)12-22-10-8-19-5-3-15-2;1-2;;/h15H,3-12H2,1-2H3,(H,16,18);1-2H3;2*1H. The molecule has 2 N–H and O–H groups in total. The van der Waals surface area contributed by atoms with Crippen molar-refractivity contribution in [2.75, 3.05) is 73.0 Å². The molecule has 8 nitrogen and oxygen atoms in total. The number of carbonyl (C=O) groups excluding carboxylic acids is 2. The van der Waals surface area contributed by atoms with Crippen LogP contribution in [-0.4, -0.2) is 84.7 Å². The molecule has 0 aromatic rings. The fourth-order valence-corrected chi connectivity index (χ4v) is 1.31.